The average molecular weight is 265 g/mol. The maximum atomic E-state index is 6.07. The summed E-state index contributed by atoms with van der Waals surface area (Å²) in [6.07, 6.45) is 14.5. The second-order valence-electron chi connectivity index (χ2n) is 6.46. The standard InChI is InChI=1S/C16H31N3/c1-2-6-13-9-11-15(12-10-13)19-16(17)18-14-7-4-3-5-8-14/h13-15H,2-12H2,1H3,(H3,17,18,19). The molecule has 0 spiro atoms. The van der Waals surface area contributed by atoms with E-state index in [1.807, 2.05) is 0 Å². The monoisotopic (exact) mass is 265 g/mol. The van der Waals surface area contributed by atoms with Gasteiger partial charge >= 0.3 is 0 Å². The van der Waals surface area contributed by atoms with Gasteiger partial charge in [0.15, 0.2) is 5.96 Å². The lowest BCUT2D eigenvalue weighted by molar-refractivity contribution is 0.309. The van der Waals surface area contributed by atoms with Crippen LogP contribution in [0.5, 0.6) is 0 Å². The van der Waals surface area contributed by atoms with E-state index in [2.05, 4.69) is 12.2 Å². The van der Waals surface area contributed by atoms with Crippen molar-refractivity contribution in [1.82, 2.24) is 5.32 Å². The van der Waals surface area contributed by atoms with Crippen molar-refractivity contribution in [3.05, 3.63) is 0 Å². The normalized spacial score (nSPS) is 30.3. The van der Waals surface area contributed by atoms with Crippen molar-refractivity contribution in [1.29, 1.82) is 0 Å². The Morgan fingerprint density at radius 2 is 1.74 bits per heavy atom. The van der Waals surface area contributed by atoms with Gasteiger partial charge in [-0.2, -0.15) is 0 Å². The molecule has 110 valence electrons. The van der Waals surface area contributed by atoms with Crippen molar-refractivity contribution < 1.29 is 0 Å². The molecule has 2 aliphatic rings. The molecule has 0 aromatic rings. The van der Waals surface area contributed by atoms with E-state index in [1.54, 1.807) is 0 Å². The summed E-state index contributed by atoms with van der Waals surface area (Å²) < 4.78 is 0. The van der Waals surface area contributed by atoms with Crippen LogP contribution in [-0.2, 0) is 0 Å². The Hall–Kier alpha value is -0.730. The molecule has 2 aliphatic carbocycles. The first-order valence-corrected chi connectivity index (χ1v) is 8.37. The highest BCUT2D eigenvalue weighted by atomic mass is 15.1. The number of hydrogen-bond acceptors (Lipinski definition) is 1. The third kappa shape index (κ3) is 5.04. The Balaban J connectivity index is 1.71. The summed E-state index contributed by atoms with van der Waals surface area (Å²) in [6, 6.07) is 1.05. The molecule has 2 fully saturated rings. The minimum Gasteiger partial charge on any atom is -0.370 e. The summed E-state index contributed by atoms with van der Waals surface area (Å²) in [5.41, 5.74) is 6.07. The Labute approximate surface area is 118 Å². The fourth-order valence-corrected chi connectivity index (χ4v) is 3.66. The topological polar surface area (TPSA) is 50.4 Å². The van der Waals surface area contributed by atoms with Crippen molar-refractivity contribution >= 4 is 5.96 Å². The van der Waals surface area contributed by atoms with Crippen LogP contribution in [0.3, 0.4) is 0 Å². The Bertz CT molecular complexity index is 274. The van der Waals surface area contributed by atoms with Crippen LogP contribution in [0.4, 0.5) is 0 Å². The van der Waals surface area contributed by atoms with Gasteiger partial charge in [-0.05, 0) is 44.4 Å². The van der Waals surface area contributed by atoms with Crippen LogP contribution < -0.4 is 11.1 Å². The summed E-state index contributed by atoms with van der Waals surface area (Å²) in [5.74, 6) is 1.65. The summed E-state index contributed by atoms with van der Waals surface area (Å²) in [4.78, 5) is 4.71. The van der Waals surface area contributed by atoms with Gasteiger partial charge in [-0.3, -0.25) is 4.99 Å². The number of guanidine groups is 1. The highest BCUT2D eigenvalue weighted by Crippen LogP contribution is 2.29. The zero-order chi connectivity index (χ0) is 13.5. The van der Waals surface area contributed by atoms with E-state index < -0.39 is 0 Å². The van der Waals surface area contributed by atoms with Crippen molar-refractivity contribution in [3.8, 4) is 0 Å². The Morgan fingerprint density at radius 1 is 1.05 bits per heavy atom. The molecule has 2 rings (SSSR count). The van der Waals surface area contributed by atoms with Gasteiger partial charge in [-0.1, -0.05) is 39.0 Å². The van der Waals surface area contributed by atoms with Gasteiger partial charge < -0.3 is 11.1 Å². The summed E-state index contributed by atoms with van der Waals surface area (Å²) in [7, 11) is 0. The molecule has 3 nitrogen and oxygen atoms in total. The molecule has 0 bridgehead atoms. The molecule has 19 heavy (non-hydrogen) atoms. The number of nitrogens with one attached hydrogen (secondary N) is 1. The van der Waals surface area contributed by atoms with Crippen molar-refractivity contribution in [2.75, 3.05) is 0 Å². The first kappa shape index (κ1) is 14.7. The molecule has 0 heterocycles. The first-order valence-electron chi connectivity index (χ1n) is 8.37. The van der Waals surface area contributed by atoms with E-state index in [-0.39, 0.29) is 0 Å². The molecule has 2 saturated carbocycles. The lowest BCUT2D eigenvalue weighted by atomic mass is 9.84. The van der Waals surface area contributed by atoms with E-state index in [9.17, 15) is 0 Å². The van der Waals surface area contributed by atoms with Crippen molar-refractivity contribution in [2.45, 2.75) is 89.6 Å². The van der Waals surface area contributed by atoms with Gasteiger partial charge in [-0.25, -0.2) is 0 Å². The predicted octanol–water partition coefficient (Wildman–Crippen LogP) is 3.58. The minimum absolute atomic E-state index is 0.476. The van der Waals surface area contributed by atoms with E-state index in [0.29, 0.717) is 18.0 Å². The van der Waals surface area contributed by atoms with E-state index in [0.717, 1.165) is 5.92 Å². The third-order valence-electron chi connectivity index (χ3n) is 4.79. The fraction of sp³-hybridized carbons (Fsp3) is 0.938. The third-order valence-corrected chi connectivity index (χ3v) is 4.79. The summed E-state index contributed by atoms with van der Waals surface area (Å²) in [6.45, 7) is 2.29. The molecule has 0 amide bonds. The maximum Gasteiger partial charge on any atom is 0.189 e. The fourth-order valence-electron chi connectivity index (χ4n) is 3.66. The van der Waals surface area contributed by atoms with Crippen LogP contribution in [0, 0.1) is 5.92 Å². The van der Waals surface area contributed by atoms with Gasteiger partial charge in [0.1, 0.15) is 0 Å². The second kappa shape index (κ2) is 7.76. The van der Waals surface area contributed by atoms with Crippen LogP contribution in [0.2, 0.25) is 0 Å². The minimum atomic E-state index is 0.476. The lowest BCUT2D eigenvalue weighted by Gasteiger charge is -2.27. The SMILES string of the molecule is CCCC1CCC(N=C(N)NC2CCCCC2)CC1. The number of nitrogens with two attached hydrogens (primary N) is 1. The number of nitrogens with zero attached hydrogens (tertiary/aromatic N) is 1. The number of rotatable bonds is 4. The molecule has 3 heteroatoms. The molecule has 0 aromatic heterocycles. The van der Waals surface area contributed by atoms with E-state index in [1.165, 1.54) is 70.6 Å². The molecule has 0 saturated heterocycles. The van der Waals surface area contributed by atoms with Gasteiger partial charge in [0.05, 0.1) is 6.04 Å². The van der Waals surface area contributed by atoms with Crippen LogP contribution in [0.1, 0.15) is 77.6 Å². The maximum absolute atomic E-state index is 6.07. The van der Waals surface area contributed by atoms with Crippen LogP contribution in [0.25, 0.3) is 0 Å². The molecular formula is C16H31N3. The zero-order valence-electron chi connectivity index (χ0n) is 12.5. The van der Waals surface area contributed by atoms with E-state index >= 15 is 0 Å². The Kier molecular flexibility index (Phi) is 5.99. The van der Waals surface area contributed by atoms with Crippen molar-refractivity contribution in [3.63, 3.8) is 0 Å². The van der Waals surface area contributed by atoms with Crippen molar-refractivity contribution in [2.24, 2.45) is 16.6 Å². The molecular weight excluding hydrogens is 234 g/mol. The largest absolute Gasteiger partial charge is 0.370 e. The molecule has 0 radical (unpaired) electrons. The van der Waals surface area contributed by atoms with Crippen LogP contribution >= 0.6 is 0 Å². The highest BCUT2D eigenvalue weighted by molar-refractivity contribution is 5.78. The van der Waals surface area contributed by atoms with Gasteiger partial charge in [0.25, 0.3) is 0 Å². The molecule has 0 aliphatic heterocycles. The first-order chi connectivity index (χ1) is 9.28. The highest BCUT2D eigenvalue weighted by Gasteiger charge is 2.20. The summed E-state index contributed by atoms with van der Waals surface area (Å²) >= 11 is 0. The Morgan fingerprint density at radius 3 is 2.37 bits per heavy atom. The molecule has 0 atom stereocenters. The van der Waals surface area contributed by atoms with Crippen LogP contribution in [0.15, 0.2) is 4.99 Å². The summed E-state index contributed by atoms with van der Waals surface area (Å²) in [5, 5.41) is 3.43. The van der Waals surface area contributed by atoms with E-state index in [4.69, 9.17) is 10.7 Å². The number of aliphatic imine (C=N–C) groups is 1. The zero-order valence-corrected chi connectivity index (χ0v) is 12.5. The molecule has 0 aromatic carbocycles. The smallest absolute Gasteiger partial charge is 0.189 e. The second-order valence-corrected chi connectivity index (χ2v) is 6.46. The molecule has 3 N–H and O–H groups in total. The van der Waals surface area contributed by atoms with Gasteiger partial charge in [0.2, 0.25) is 0 Å². The van der Waals surface area contributed by atoms with Gasteiger partial charge in [0, 0.05) is 6.04 Å². The quantitative estimate of drug-likeness (QED) is 0.603. The predicted molar refractivity (Wildman–Crippen MR) is 82.3 cm³/mol. The lowest BCUT2D eigenvalue weighted by Crippen LogP contribution is -2.42. The van der Waals surface area contributed by atoms with Gasteiger partial charge in [-0.15, -0.1) is 0 Å². The number of hydrogen-bond donors (Lipinski definition) is 2. The average Bonchev–Trinajstić information content (AvgIpc) is 2.42. The van der Waals surface area contributed by atoms with Crippen LogP contribution in [-0.4, -0.2) is 18.0 Å². The molecule has 0 unspecified atom stereocenters.